The first-order valence-electron chi connectivity index (χ1n) is 5.89. The second-order valence-electron chi connectivity index (χ2n) is 4.28. The fourth-order valence-electron chi connectivity index (χ4n) is 1.84. The molecule has 0 aliphatic heterocycles. The zero-order valence-electron chi connectivity index (χ0n) is 10.8. The Labute approximate surface area is 123 Å². The lowest BCUT2D eigenvalue weighted by atomic mass is 10.2. The van der Waals surface area contributed by atoms with Crippen LogP contribution in [0.1, 0.15) is 11.1 Å². The molecule has 6 heteroatoms. The summed E-state index contributed by atoms with van der Waals surface area (Å²) in [5.74, 6) is 0. The number of thiocarbonyl (C=S) groups is 1. The van der Waals surface area contributed by atoms with Crippen LogP contribution in [0.5, 0.6) is 0 Å². The first-order valence-corrected chi connectivity index (χ1v) is 7.78. The van der Waals surface area contributed by atoms with Gasteiger partial charge in [-0.25, -0.2) is 8.42 Å². The van der Waals surface area contributed by atoms with Gasteiger partial charge in [-0.05, 0) is 30.7 Å². The Bertz CT molecular complexity index is 755. The minimum absolute atomic E-state index is 0.146. The number of hydrogen-bond donors (Lipinski definition) is 2. The first kappa shape index (κ1) is 14.5. The summed E-state index contributed by atoms with van der Waals surface area (Å²) in [7, 11) is -3.67. The third-order valence-electron chi connectivity index (χ3n) is 2.82. The van der Waals surface area contributed by atoms with Crippen molar-refractivity contribution in [3.63, 3.8) is 0 Å². The zero-order chi connectivity index (χ0) is 14.8. The Balaban J connectivity index is 2.45. The molecule has 0 saturated heterocycles. The molecule has 0 unspecified atom stereocenters. The van der Waals surface area contributed by atoms with Crippen molar-refractivity contribution in [1.82, 2.24) is 0 Å². The van der Waals surface area contributed by atoms with Crippen molar-refractivity contribution < 1.29 is 8.42 Å². The lowest BCUT2D eigenvalue weighted by Gasteiger charge is -2.13. The first-order chi connectivity index (χ1) is 9.42. The van der Waals surface area contributed by atoms with E-state index >= 15 is 0 Å². The van der Waals surface area contributed by atoms with E-state index in [1.807, 2.05) is 0 Å². The number of nitrogens with one attached hydrogen (secondary N) is 1. The van der Waals surface area contributed by atoms with E-state index in [1.165, 1.54) is 0 Å². The SMILES string of the molecule is Cc1ccccc1S(=O)(=O)Nc1ccccc1C(N)=S. The van der Waals surface area contributed by atoms with Gasteiger partial charge in [-0.3, -0.25) is 4.72 Å². The highest BCUT2D eigenvalue weighted by Gasteiger charge is 2.18. The van der Waals surface area contributed by atoms with E-state index in [-0.39, 0.29) is 9.88 Å². The molecule has 0 saturated carbocycles. The van der Waals surface area contributed by atoms with Crippen LogP contribution in [0, 0.1) is 6.92 Å². The number of para-hydroxylation sites is 1. The molecule has 0 aliphatic carbocycles. The van der Waals surface area contributed by atoms with Crippen LogP contribution in [0.25, 0.3) is 0 Å². The Kier molecular flexibility index (Phi) is 4.06. The Morgan fingerprint density at radius 1 is 1.10 bits per heavy atom. The minimum atomic E-state index is -3.67. The van der Waals surface area contributed by atoms with Crippen LogP contribution in [0.3, 0.4) is 0 Å². The van der Waals surface area contributed by atoms with E-state index in [1.54, 1.807) is 55.5 Å². The normalized spacial score (nSPS) is 11.1. The Hall–Kier alpha value is -1.92. The zero-order valence-corrected chi connectivity index (χ0v) is 12.5. The molecule has 2 aromatic carbocycles. The van der Waals surface area contributed by atoms with E-state index in [0.29, 0.717) is 16.8 Å². The molecule has 3 N–H and O–H groups in total. The monoisotopic (exact) mass is 306 g/mol. The average Bonchev–Trinajstić information content (AvgIpc) is 2.39. The molecule has 104 valence electrons. The van der Waals surface area contributed by atoms with E-state index in [0.717, 1.165) is 0 Å². The van der Waals surface area contributed by atoms with E-state index in [9.17, 15) is 8.42 Å². The lowest BCUT2D eigenvalue weighted by Crippen LogP contribution is -2.18. The summed E-state index contributed by atoms with van der Waals surface area (Å²) in [6.45, 7) is 1.74. The number of anilines is 1. The predicted molar refractivity (Wildman–Crippen MR) is 84.3 cm³/mol. The van der Waals surface area contributed by atoms with Gasteiger partial charge in [0.2, 0.25) is 0 Å². The average molecular weight is 306 g/mol. The summed E-state index contributed by atoms with van der Waals surface area (Å²) in [5.41, 5.74) is 7.15. The second kappa shape index (κ2) is 5.60. The molecule has 0 aromatic heterocycles. The number of rotatable bonds is 4. The number of aryl methyl sites for hydroxylation is 1. The highest BCUT2D eigenvalue weighted by molar-refractivity contribution is 7.92. The molecular formula is C14H14N2O2S2. The van der Waals surface area contributed by atoms with Gasteiger partial charge in [0.15, 0.2) is 0 Å². The molecule has 0 radical (unpaired) electrons. The van der Waals surface area contributed by atoms with Gasteiger partial charge in [0.25, 0.3) is 10.0 Å². The maximum atomic E-state index is 12.4. The van der Waals surface area contributed by atoms with Gasteiger partial charge < -0.3 is 5.73 Å². The van der Waals surface area contributed by atoms with Crippen molar-refractivity contribution in [3.05, 3.63) is 59.7 Å². The third kappa shape index (κ3) is 2.97. The van der Waals surface area contributed by atoms with E-state index in [2.05, 4.69) is 4.72 Å². The molecule has 4 nitrogen and oxygen atoms in total. The van der Waals surface area contributed by atoms with Crippen LogP contribution >= 0.6 is 12.2 Å². The minimum Gasteiger partial charge on any atom is -0.389 e. The highest BCUT2D eigenvalue weighted by Crippen LogP contribution is 2.21. The van der Waals surface area contributed by atoms with Crippen LogP contribution in [0.2, 0.25) is 0 Å². The molecule has 0 fully saturated rings. The van der Waals surface area contributed by atoms with Crippen molar-refractivity contribution in [3.8, 4) is 0 Å². The fraction of sp³-hybridized carbons (Fsp3) is 0.0714. The summed E-state index contributed by atoms with van der Waals surface area (Å²) in [6, 6.07) is 13.5. The summed E-state index contributed by atoms with van der Waals surface area (Å²) in [6.07, 6.45) is 0. The number of sulfonamides is 1. The quantitative estimate of drug-likeness (QED) is 0.851. The van der Waals surface area contributed by atoms with E-state index in [4.69, 9.17) is 18.0 Å². The molecule has 0 amide bonds. The van der Waals surface area contributed by atoms with Crippen LogP contribution in [-0.4, -0.2) is 13.4 Å². The van der Waals surface area contributed by atoms with Crippen molar-refractivity contribution in [2.24, 2.45) is 5.73 Å². The highest BCUT2D eigenvalue weighted by atomic mass is 32.2. The van der Waals surface area contributed by atoms with Crippen molar-refractivity contribution >= 4 is 32.9 Å². The molecule has 20 heavy (non-hydrogen) atoms. The van der Waals surface area contributed by atoms with Crippen LogP contribution in [0.4, 0.5) is 5.69 Å². The summed E-state index contributed by atoms with van der Waals surface area (Å²) in [4.78, 5) is 0.380. The molecular weight excluding hydrogens is 292 g/mol. The fourth-order valence-corrected chi connectivity index (χ4v) is 3.35. The molecule has 0 spiro atoms. The van der Waals surface area contributed by atoms with E-state index < -0.39 is 10.0 Å². The van der Waals surface area contributed by atoms with Crippen LogP contribution in [-0.2, 0) is 10.0 Å². The maximum absolute atomic E-state index is 12.4. The van der Waals surface area contributed by atoms with Gasteiger partial charge in [-0.15, -0.1) is 0 Å². The van der Waals surface area contributed by atoms with Gasteiger partial charge in [0.05, 0.1) is 10.6 Å². The van der Waals surface area contributed by atoms with Crippen molar-refractivity contribution in [2.45, 2.75) is 11.8 Å². The summed E-state index contributed by atoms with van der Waals surface area (Å²) in [5, 5.41) is 0. The molecule has 0 atom stereocenters. The van der Waals surface area contributed by atoms with Gasteiger partial charge in [-0.1, -0.05) is 42.5 Å². The van der Waals surface area contributed by atoms with Gasteiger partial charge >= 0.3 is 0 Å². The Morgan fingerprint density at radius 2 is 1.70 bits per heavy atom. The Morgan fingerprint density at radius 3 is 2.35 bits per heavy atom. The van der Waals surface area contributed by atoms with Crippen molar-refractivity contribution in [2.75, 3.05) is 4.72 Å². The number of benzene rings is 2. The maximum Gasteiger partial charge on any atom is 0.262 e. The standard InChI is InChI=1S/C14H14N2O2S2/c1-10-6-2-5-9-13(10)20(17,18)16-12-8-4-3-7-11(12)14(15)19/h2-9,16H,1H3,(H2,15,19). The smallest absolute Gasteiger partial charge is 0.262 e. The topological polar surface area (TPSA) is 72.2 Å². The van der Waals surface area contributed by atoms with Gasteiger partial charge in [0.1, 0.15) is 4.99 Å². The second-order valence-corrected chi connectivity index (χ2v) is 6.37. The van der Waals surface area contributed by atoms with Gasteiger partial charge in [0, 0.05) is 5.56 Å². The van der Waals surface area contributed by atoms with Crippen molar-refractivity contribution in [1.29, 1.82) is 0 Å². The molecule has 0 bridgehead atoms. The molecule has 0 aliphatic rings. The summed E-state index contributed by atoms with van der Waals surface area (Å²) >= 11 is 4.92. The predicted octanol–water partition coefficient (Wildman–Crippen LogP) is 2.43. The van der Waals surface area contributed by atoms with Gasteiger partial charge in [-0.2, -0.15) is 0 Å². The molecule has 0 heterocycles. The number of nitrogens with two attached hydrogens (primary N) is 1. The number of hydrogen-bond acceptors (Lipinski definition) is 3. The van der Waals surface area contributed by atoms with Crippen LogP contribution in [0.15, 0.2) is 53.4 Å². The third-order valence-corrected chi connectivity index (χ3v) is 4.57. The largest absolute Gasteiger partial charge is 0.389 e. The summed E-state index contributed by atoms with van der Waals surface area (Å²) < 4.78 is 27.3. The molecule has 2 rings (SSSR count). The molecule has 2 aromatic rings. The lowest BCUT2D eigenvalue weighted by molar-refractivity contribution is 0.600. The van der Waals surface area contributed by atoms with Crippen LogP contribution < -0.4 is 10.5 Å².